The first-order chi connectivity index (χ1) is 7.56. The van der Waals surface area contributed by atoms with Crippen LogP contribution >= 0.6 is 11.6 Å². The number of nitrogens with zero attached hydrogens (tertiary/aromatic N) is 2. The second kappa shape index (κ2) is 4.45. The first kappa shape index (κ1) is 11.5. The molecule has 1 fully saturated rings. The number of halogens is 1. The normalized spacial score (nSPS) is 23.9. The van der Waals surface area contributed by atoms with E-state index in [1.165, 1.54) is 0 Å². The van der Waals surface area contributed by atoms with Crippen LogP contribution in [0.2, 0.25) is 0 Å². The van der Waals surface area contributed by atoms with Crippen molar-refractivity contribution in [2.75, 3.05) is 13.6 Å². The van der Waals surface area contributed by atoms with Gasteiger partial charge >= 0.3 is 0 Å². The first-order valence-electron chi connectivity index (χ1n) is 5.39. The van der Waals surface area contributed by atoms with Crippen molar-refractivity contribution in [2.45, 2.75) is 25.1 Å². The van der Waals surface area contributed by atoms with E-state index < -0.39 is 0 Å². The second-order valence-corrected chi connectivity index (χ2v) is 5.07. The van der Waals surface area contributed by atoms with E-state index in [1.807, 2.05) is 0 Å². The number of alkyl halides is 1. The van der Waals surface area contributed by atoms with E-state index in [2.05, 4.69) is 5.16 Å². The predicted molar refractivity (Wildman–Crippen MR) is 60.6 cm³/mol. The highest BCUT2D eigenvalue weighted by Crippen LogP contribution is 2.32. The number of amides is 1. The van der Waals surface area contributed by atoms with Crippen molar-refractivity contribution in [3.05, 3.63) is 17.5 Å². The summed E-state index contributed by atoms with van der Waals surface area (Å²) in [5.41, 5.74) is 0.723. The zero-order chi connectivity index (χ0) is 11.7. The molecule has 0 saturated heterocycles. The molecule has 1 heterocycles. The van der Waals surface area contributed by atoms with Crippen LogP contribution in [0.15, 0.2) is 10.6 Å². The van der Waals surface area contributed by atoms with E-state index in [9.17, 15) is 4.79 Å². The van der Waals surface area contributed by atoms with E-state index >= 15 is 0 Å². The van der Waals surface area contributed by atoms with Crippen LogP contribution in [-0.4, -0.2) is 34.9 Å². The van der Waals surface area contributed by atoms with Gasteiger partial charge in [0.15, 0.2) is 0 Å². The lowest BCUT2D eigenvalue weighted by Gasteiger charge is -2.33. The summed E-state index contributed by atoms with van der Waals surface area (Å²) in [6, 6.07) is 1.66. The number of hydrogen-bond donors (Lipinski definition) is 0. The van der Waals surface area contributed by atoms with Gasteiger partial charge < -0.3 is 9.42 Å². The third-order valence-electron chi connectivity index (χ3n) is 2.90. The van der Waals surface area contributed by atoms with Crippen LogP contribution in [-0.2, 0) is 0 Å². The molecule has 1 aliphatic rings. The molecule has 1 aliphatic carbocycles. The third-order valence-corrected chi connectivity index (χ3v) is 3.25. The van der Waals surface area contributed by atoms with Gasteiger partial charge in [-0.25, -0.2) is 0 Å². The van der Waals surface area contributed by atoms with E-state index in [1.54, 1.807) is 24.9 Å². The summed E-state index contributed by atoms with van der Waals surface area (Å²) < 4.78 is 4.93. The smallest absolute Gasteiger partial charge is 0.292 e. The van der Waals surface area contributed by atoms with E-state index in [4.69, 9.17) is 16.1 Å². The molecule has 0 aliphatic heterocycles. The van der Waals surface area contributed by atoms with Crippen LogP contribution in [0.5, 0.6) is 0 Å². The van der Waals surface area contributed by atoms with Crippen molar-refractivity contribution in [2.24, 2.45) is 5.92 Å². The molecular weight excluding hydrogens is 228 g/mol. The molecule has 0 radical (unpaired) electrons. The summed E-state index contributed by atoms with van der Waals surface area (Å²) >= 11 is 5.90. The van der Waals surface area contributed by atoms with E-state index in [0.717, 1.165) is 25.1 Å². The van der Waals surface area contributed by atoms with Crippen molar-refractivity contribution >= 4 is 17.5 Å². The van der Waals surface area contributed by atoms with Gasteiger partial charge in [-0.1, -0.05) is 5.16 Å². The van der Waals surface area contributed by atoms with Gasteiger partial charge in [-0.05, 0) is 25.7 Å². The largest absolute Gasteiger partial charge is 0.351 e. The molecule has 0 bridgehead atoms. The Kier molecular flexibility index (Phi) is 3.19. The second-order valence-electron chi connectivity index (χ2n) is 4.45. The van der Waals surface area contributed by atoms with Crippen LogP contribution in [0.25, 0.3) is 0 Å². The number of hydrogen-bond acceptors (Lipinski definition) is 3. The van der Waals surface area contributed by atoms with Crippen LogP contribution in [0, 0.1) is 12.8 Å². The van der Waals surface area contributed by atoms with Crippen LogP contribution in [0.4, 0.5) is 0 Å². The lowest BCUT2D eigenvalue weighted by molar-refractivity contribution is 0.0705. The van der Waals surface area contributed by atoms with Gasteiger partial charge in [0.05, 0.1) is 5.69 Å². The summed E-state index contributed by atoms with van der Waals surface area (Å²) in [7, 11) is 1.78. The molecule has 4 nitrogen and oxygen atoms in total. The van der Waals surface area contributed by atoms with Gasteiger partial charge in [-0.3, -0.25) is 4.79 Å². The van der Waals surface area contributed by atoms with Crippen molar-refractivity contribution in [3.63, 3.8) is 0 Å². The minimum atomic E-state index is -0.112. The molecule has 0 spiro atoms. The highest BCUT2D eigenvalue weighted by molar-refractivity contribution is 6.21. The van der Waals surface area contributed by atoms with Crippen LogP contribution < -0.4 is 0 Å². The standard InChI is InChI=1S/C11H15ClN2O2/c1-7-3-10(16-13-7)11(15)14(2)6-8-4-9(12)5-8/h3,8-9H,4-6H2,1-2H3. The molecule has 5 heteroatoms. The predicted octanol–water partition coefficient (Wildman–Crippen LogP) is 2.07. The molecule has 1 amide bonds. The molecule has 0 atom stereocenters. The third kappa shape index (κ3) is 2.38. The fourth-order valence-corrected chi connectivity index (χ4v) is 2.43. The molecule has 16 heavy (non-hydrogen) atoms. The average molecular weight is 243 g/mol. The van der Waals surface area contributed by atoms with Gasteiger partial charge in [0.2, 0.25) is 5.76 Å². The number of aromatic nitrogens is 1. The van der Waals surface area contributed by atoms with Crippen LogP contribution in [0.1, 0.15) is 29.1 Å². The van der Waals surface area contributed by atoms with Crippen LogP contribution in [0.3, 0.4) is 0 Å². The number of carbonyl (C=O) groups is 1. The lowest BCUT2D eigenvalue weighted by atomic mass is 9.84. The number of carbonyl (C=O) groups excluding carboxylic acids is 1. The first-order valence-corrected chi connectivity index (χ1v) is 5.82. The molecule has 88 valence electrons. The Balaban J connectivity index is 1.89. The molecule has 0 aromatic carbocycles. The Labute approximate surface area is 99.5 Å². The minimum Gasteiger partial charge on any atom is -0.351 e. The highest BCUT2D eigenvalue weighted by Gasteiger charge is 2.29. The molecular formula is C11H15ClN2O2. The van der Waals surface area contributed by atoms with Gasteiger partial charge in [0.1, 0.15) is 0 Å². The SMILES string of the molecule is Cc1cc(C(=O)N(C)CC2CC(Cl)C2)on1. The van der Waals surface area contributed by atoms with Crippen molar-refractivity contribution in [3.8, 4) is 0 Å². The minimum absolute atomic E-state index is 0.112. The monoisotopic (exact) mass is 242 g/mol. The van der Waals surface area contributed by atoms with Gasteiger partial charge in [-0.15, -0.1) is 11.6 Å². The molecule has 1 aromatic rings. The molecule has 1 saturated carbocycles. The van der Waals surface area contributed by atoms with Gasteiger partial charge in [-0.2, -0.15) is 0 Å². The zero-order valence-electron chi connectivity index (χ0n) is 9.44. The fraction of sp³-hybridized carbons (Fsp3) is 0.636. The molecule has 1 aromatic heterocycles. The lowest BCUT2D eigenvalue weighted by Crippen LogP contribution is -2.37. The Morgan fingerprint density at radius 3 is 2.88 bits per heavy atom. The topological polar surface area (TPSA) is 46.3 Å². The maximum absolute atomic E-state index is 11.9. The van der Waals surface area contributed by atoms with Crippen molar-refractivity contribution in [1.29, 1.82) is 0 Å². The van der Waals surface area contributed by atoms with Gasteiger partial charge in [0, 0.05) is 25.0 Å². The zero-order valence-corrected chi connectivity index (χ0v) is 10.2. The van der Waals surface area contributed by atoms with Crippen molar-refractivity contribution < 1.29 is 9.32 Å². The van der Waals surface area contributed by atoms with E-state index in [-0.39, 0.29) is 5.91 Å². The Hall–Kier alpha value is -1.03. The number of rotatable bonds is 3. The Morgan fingerprint density at radius 2 is 2.38 bits per heavy atom. The maximum Gasteiger partial charge on any atom is 0.292 e. The summed E-state index contributed by atoms with van der Waals surface area (Å²) in [4.78, 5) is 13.5. The molecule has 2 rings (SSSR count). The quantitative estimate of drug-likeness (QED) is 0.763. The summed E-state index contributed by atoms with van der Waals surface area (Å²) in [5, 5.41) is 3.99. The maximum atomic E-state index is 11.9. The Morgan fingerprint density at radius 1 is 1.69 bits per heavy atom. The number of aryl methyl sites for hydroxylation is 1. The molecule has 0 unspecified atom stereocenters. The Bertz CT molecular complexity index is 385. The summed E-state index contributed by atoms with van der Waals surface area (Å²) in [6.45, 7) is 2.53. The summed E-state index contributed by atoms with van der Waals surface area (Å²) in [6.07, 6.45) is 1.99. The van der Waals surface area contributed by atoms with E-state index in [0.29, 0.717) is 17.1 Å². The summed E-state index contributed by atoms with van der Waals surface area (Å²) in [5.74, 6) is 0.723. The average Bonchev–Trinajstić information content (AvgIpc) is 2.61. The fourth-order valence-electron chi connectivity index (χ4n) is 1.93. The van der Waals surface area contributed by atoms with Gasteiger partial charge in [0.25, 0.3) is 5.91 Å². The molecule has 0 N–H and O–H groups in total. The highest BCUT2D eigenvalue weighted by atomic mass is 35.5. The van der Waals surface area contributed by atoms with Crippen molar-refractivity contribution in [1.82, 2.24) is 10.1 Å².